The molecular formula is C28H39N3O2. The molecule has 0 spiro atoms. The number of hydrogen-bond acceptors (Lipinski definition) is 4. The largest absolute Gasteiger partial charge is 0.495 e. The second-order valence-corrected chi connectivity index (χ2v) is 9.47. The van der Waals surface area contributed by atoms with Crippen LogP contribution < -0.4 is 15.0 Å². The van der Waals surface area contributed by atoms with E-state index in [9.17, 15) is 4.79 Å². The van der Waals surface area contributed by atoms with Crippen molar-refractivity contribution in [3.05, 3.63) is 60.2 Å². The van der Waals surface area contributed by atoms with E-state index in [1.54, 1.807) is 7.11 Å². The lowest BCUT2D eigenvalue weighted by Crippen LogP contribution is -2.49. The minimum absolute atomic E-state index is 0.130. The van der Waals surface area contributed by atoms with Gasteiger partial charge in [-0.15, -0.1) is 0 Å². The number of rotatable bonds is 7. The molecule has 0 bridgehead atoms. The number of carbonyl (C=O) groups excluding carboxylic acids is 1. The van der Waals surface area contributed by atoms with E-state index in [0.717, 1.165) is 62.6 Å². The number of carbonyl (C=O) groups is 1. The van der Waals surface area contributed by atoms with Crippen molar-refractivity contribution < 1.29 is 9.53 Å². The Hall–Kier alpha value is -2.53. The van der Waals surface area contributed by atoms with Crippen molar-refractivity contribution in [3.8, 4) is 5.75 Å². The number of hydrogen-bond donors (Lipinski definition) is 1. The van der Waals surface area contributed by atoms with Crippen LogP contribution in [-0.2, 0) is 4.79 Å². The molecule has 0 radical (unpaired) electrons. The first-order chi connectivity index (χ1) is 16.2. The van der Waals surface area contributed by atoms with Crippen molar-refractivity contribution in [2.75, 3.05) is 44.7 Å². The van der Waals surface area contributed by atoms with E-state index in [1.807, 2.05) is 30.3 Å². The second-order valence-electron chi connectivity index (χ2n) is 9.47. The van der Waals surface area contributed by atoms with E-state index in [4.69, 9.17) is 4.74 Å². The smallest absolute Gasteiger partial charge is 0.229 e. The maximum Gasteiger partial charge on any atom is 0.229 e. The summed E-state index contributed by atoms with van der Waals surface area (Å²) in [6.07, 6.45) is 8.62. The van der Waals surface area contributed by atoms with Crippen LogP contribution in [0, 0.1) is 0 Å². The Morgan fingerprint density at radius 3 is 2.24 bits per heavy atom. The van der Waals surface area contributed by atoms with Crippen molar-refractivity contribution in [2.45, 2.75) is 56.9 Å². The number of nitrogens with zero attached hydrogens (tertiary/aromatic N) is 2. The SMILES string of the molecule is COc1ccccc1N1CCN(CC(C(=O)NC2CCCCCCC2)c2ccccc2)CC1. The Morgan fingerprint density at radius 1 is 0.909 bits per heavy atom. The van der Waals surface area contributed by atoms with E-state index in [1.165, 1.54) is 32.1 Å². The topological polar surface area (TPSA) is 44.8 Å². The van der Waals surface area contributed by atoms with Gasteiger partial charge in [-0.2, -0.15) is 0 Å². The molecule has 1 heterocycles. The van der Waals surface area contributed by atoms with Gasteiger partial charge in [0.05, 0.1) is 18.7 Å². The van der Waals surface area contributed by atoms with Gasteiger partial charge in [-0.1, -0.05) is 74.6 Å². The molecule has 1 unspecified atom stereocenters. The van der Waals surface area contributed by atoms with Crippen LogP contribution in [0.2, 0.25) is 0 Å². The number of anilines is 1. The van der Waals surface area contributed by atoms with E-state index in [2.05, 4.69) is 39.4 Å². The summed E-state index contributed by atoms with van der Waals surface area (Å²) in [5.41, 5.74) is 2.27. The molecule has 1 saturated carbocycles. The molecule has 2 aromatic carbocycles. The number of nitrogens with one attached hydrogen (secondary N) is 1. The molecule has 1 amide bonds. The summed E-state index contributed by atoms with van der Waals surface area (Å²) in [6, 6.07) is 18.9. The average Bonchev–Trinajstić information content (AvgIpc) is 2.85. The van der Waals surface area contributed by atoms with Gasteiger partial charge in [0, 0.05) is 38.8 Å². The van der Waals surface area contributed by atoms with Crippen LogP contribution in [0.4, 0.5) is 5.69 Å². The highest BCUT2D eigenvalue weighted by atomic mass is 16.5. The zero-order valence-electron chi connectivity index (χ0n) is 20.0. The highest BCUT2D eigenvalue weighted by Crippen LogP contribution is 2.29. The van der Waals surface area contributed by atoms with Gasteiger partial charge in [0.15, 0.2) is 0 Å². The molecule has 1 atom stereocenters. The predicted molar refractivity (Wildman–Crippen MR) is 135 cm³/mol. The van der Waals surface area contributed by atoms with Crippen molar-refractivity contribution in [1.29, 1.82) is 0 Å². The highest BCUT2D eigenvalue weighted by Gasteiger charge is 2.28. The summed E-state index contributed by atoms with van der Waals surface area (Å²) < 4.78 is 5.56. The summed E-state index contributed by atoms with van der Waals surface area (Å²) >= 11 is 0. The number of piperazine rings is 1. The molecule has 178 valence electrons. The van der Waals surface area contributed by atoms with Gasteiger partial charge in [-0.3, -0.25) is 9.69 Å². The zero-order valence-corrected chi connectivity index (χ0v) is 20.0. The van der Waals surface area contributed by atoms with E-state index < -0.39 is 0 Å². The minimum Gasteiger partial charge on any atom is -0.495 e. The van der Waals surface area contributed by atoms with Crippen LogP contribution in [0.3, 0.4) is 0 Å². The Balaban J connectivity index is 1.39. The van der Waals surface area contributed by atoms with Gasteiger partial charge < -0.3 is 15.0 Å². The molecule has 2 aliphatic rings. The molecule has 0 aromatic heterocycles. The predicted octanol–water partition coefficient (Wildman–Crippen LogP) is 4.83. The molecule has 33 heavy (non-hydrogen) atoms. The Morgan fingerprint density at radius 2 is 1.55 bits per heavy atom. The summed E-state index contributed by atoms with van der Waals surface area (Å²) in [5, 5.41) is 3.43. The first-order valence-corrected chi connectivity index (χ1v) is 12.7. The van der Waals surface area contributed by atoms with E-state index in [-0.39, 0.29) is 11.8 Å². The maximum atomic E-state index is 13.5. The van der Waals surface area contributed by atoms with Crippen LogP contribution in [0.1, 0.15) is 56.4 Å². The minimum atomic E-state index is -0.130. The molecule has 2 fully saturated rings. The van der Waals surface area contributed by atoms with Crippen LogP contribution >= 0.6 is 0 Å². The fraction of sp³-hybridized carbons (Fsp3) is 0.536. The molecule has 5 nitrogen and oxygen atoms in total. The van der Waals surface area contributed by atoms with Gasteiger partial charge in [0.25, 0.3) is 0 Å². The number of ether oxygens (including phenoxy) is 1. The Bertz CT molecular complexity index is 856. The summed E-state index contributed by atoms with van der Waals surface area (Å²) in [7, 11) is 1.73. The van der Waals surface area contributed by atoms with Gasteiger partial charge >= 0.3 is 0 Å². The average molecular weight is 450 g/mol. The lowest BCUT2D eigenvalue weighted by molar-refractivity contribution is -0.123. The maximum absolute atomic E-state index is 13.5. The number of amides is 1. The molecule has 5 heteroatoms. The summed E-state index contributed by atoms with van der Waals surface area (Å²) in [5.74, 6) is 0.986. The third-order valence-corrected chi connectivity index (χ3v) is 7.21. The first kappa shape index (κ1) is 23.6. The third-order valence-electron chi connectivity index (χ3n) is 7.21. The van der Waals surface area contributed by atoms with Gasteiger partial charge in [-0.05, 0) is 30.5 Å². The number of benzene rings is 2. The van der Waals surface area contributed by atoms with E-state index in [0.29, 0.717) is 6.04 Å². The van der Waals surface area contributed by atoms with Crippen LogP contribution in [-0.4, -0.2) is 56.7 Å². The van der Waals surface area contributed by atoms with Crippen molar-refractivity contribution in [3.63, 3.8) is 0 Å². The molecule has 2 aromatic rings. The standard InChI is InChI=1S/C28H39N3O2/c1-33-27-17-11-10-16-26(27)31-20-18-30(19-21-31)22-25(23-12-6-5-7-13-23)28(32)29-24-14-8-3-2-4-9-15-24/h5-7,10-13,16-17,24-25H,2-4,8-9,14-15,18-22H2,1H3,(H,29,32). The number of methoxy groups -OCH3 is 1. The number of para-hydroxylation sites is 2. The molecule has 1 saturated heterocycles. The highest BCUT2D eigenvalue weighted by molar-refractivity contribution is 5.84. The van der Waals surface area contributed by atoms with Crippen LogP contribution in [0.15, 0.2) is 54.6 Å². The Labute approximate surface area is 199 Å². The second kappa shape index (κ2) is 12.1. The summed E-state index contributed by atoms with van der Waals surface area (Å²) in [6.45, 7) is 4.52. The molecule has 1 N–H and O–H groups in total. The monoisotopic (exact) mass is 449 g/mol. The zero-order chi connectivity index (χ0) is 22.9. The molecule has 4 rings (SSSR count). The summed E-state index contributed by atoms with van der Waals surface area (Å²) in [4.78, 5) is 18.3. The quantitative estimate of drug-likeness (QED) is 0.658. The van der Waals surface area contributed by atoms with Gasteiger partial charge in [0.1, 0.15) is 5.75 Å². The van der Waals surface area contributed by atoms with Crippen LogP contribution in [0.5, 0.6) is 5.75 Å². The fourth-order valence-electron chi connectivity index (χ4n) is 5.25. The van der Waals surface area contributed by atoms with Gasteiger partial charge in [-0.25, -0.2) is 0 Å². The third kappa shape index (κ3) is 6.50. The molecule has 1 aliphatic heterocycles. The molecule has 1 aliphatic carbocycles. The normalized spacial score (nSPS) is 19.4. The van der Waals surface area contributed by atoms with Crippen molar-refractivity contribution >= 4 is 11.6 Å². The first-order valence-electron chi connectivity index (χ1n) is 12.7. The lowest BCUT2D eigenvalue weighted by atomic mass is 9.94. The van der Waals surface area contributed by atoms with E-state index >= 15 is 0 Å². The van der Waals surface area contributed by atoms with Crippen molar-refractivity contribution in [2.24, 2.45) is 0 Å². The lowest BCUT2D eigenvalue weighted by Gasteiger charge is -2.38. The molecular weight excluding hydrogens is 410 g/mol. The Kier molecular flexibility index (Phi) is 8.65. The van der Waals surface area contributed by atoms with Crippen molar-refractivity contribution in [1.82, 2.24) is 10.2 Å². The fourth-order valence-corrected chi connectivity index (χ4v) is 5.25. The van der Waals surface area contributed by atoms with Crippen LogP contribution in [0.25, 0.3) is 0 Å². The van der Waals surface area contributed by atoms with Gasteiger partial charge in [0.2, 0.25) is 5.91 Å².